The van der Waals surface area contributed by atoms with Gasteiger partial charge < -0.3 is 4.74 Å². The average Bonchev–Trinajstić information content (AvgIpc) is 3.23. The Morgan fingerprint density at radius 2 is 1.45 bits per heavy atom. The minimum atomic E-state index is -4.61. The third-order valence-corrected chi connectivity index (χ3v) is 5.36. The molecule has 5 aromatic rings. The van der Waals surface area contributed by atoms with Gasteiger partial charge in [-0.1, -0.05) is 60.7 Å². The zero-order chi connectivity index (χ0) is 23.0. The third kappa shape index (κ3) is 3.82. The van der Waals surface area contributed by atoms with Gasteiger partial charge in [-0.15, -0.1) is 0 Å². The first-order valence-corrected chi connectivity index (χ1v) is 10.2. The van der Waals surface area contributed by atoms with Gasteiger partial charge in [-0.05, 0) is 30.3 Å². The Hall–Kier alpha value is -4.13. The lowest BCUT2D eigenvalue weighted by molar-refractivity contribution is -0.136. The van der Waals surface area contributed by atoms with Crippen LogP contribution in [0.15, 0.2) is 91.0 Å². The van der Waals surface area contributed by atoms with E-state index in [4.69, 9.17) is 4.74 Å². The lowest BCUT2D eigenvalue weighted by Crippen LogP contribution is -2.08. The fourth-order valence-corrected chi connectivity index (χ4v) is 3.82. The molecule has 33 heavy (non-hydrogen) atoms. The zero-order valence-electron chi connectivity index (χ0n) is 17.5. The van der Waals surface area contributed by atoms with E-state index in [1.807, 2.05) is 24.3 Å². The molecule has 5 rings (SSSR count). The Bertz CT molecular complexity index is 1430. The molecule has 2 heterocycles. The number of methoxy groups -OCH3 is 1. The number of aromatic nitrogens is 3. The van der Waals surface area contributed by atoms with E-state index in [0.29, 0.717) is 22.6 Å². The lowest BCUT2D eigenvalue weighted by atomic mass is 10.0. The summed E-state index contributed by atoms with van der Waals surface area (Å²) in [6, 6.07) is 25.8. The quantitative estimate of drug-likeness (QED) is 0.306. The molecule has 7 heteroatoms. The van der Waals surface area contributed by atoms with Crippen LogP contribution in [0.5, 0.6) is 5.75 Å². The summed E-state index contributed by atoms with van der Waals surface area (Å²) >= 11 is 0. The number of pyridine rings is 1. The van der Waals surface area contributed by atoms with Crippen LogP contribution in [0.1, 0.15) is 5.56 Å². The summed E-state index contributed by atoms with van der Waals surface area (Å²) in [6.07, 6.45) is -4.61. The van der Waals surface area contributed by atoms with Crippen LogP contribution >= 0.6 is 0 Å². The molecule has 0 aliphatic carbocycles. The van der Waals surface area contributed by atoms with Crippen molar-refractivity contribution < 1.29 is 17.9 Å². The molecule has 3 aromatic carbocycles. The molecule has 0 atom stereocenters. The van der Waals surface area contributed by atoms with Gasteiger partial charge in [0.15, 0.2) is 5.65 Å². The molecule has 0 saturated carbocycles. The first-order chi connectivity index (χ1) is 16.0. The molecule has 0 aliphatic heterocycles. The van der Waals surface area contributed by atoms with E-state index < -0.39 is 11.7 Å². The number of fused-ring (bicyclic) bond motifs is 1. The third-order valence-electron chi connectivity index (χ3n) is 5.36. The normalized spacial score (nSPS) is 11.6. The Morgan fingerprint density at radius 1 is 0.788 bits per heavy atom. The van der Waals surface area contributed by atoms with Crippen LogP contribution in [0.25, 0.3) is 39.2 Å². The molecule has 2 aromatic heterocycles. The number of hydrogen-bond donors (Lipinski definition) is 0. The van der Waals surface area contributed by atoms with Crippen molar-refractivity contribution in [2.75, 3.05) is 7.11 Å². The molecule has 0 amide bonds. The molecule has 0 bridgehead atoms. The molecule has 0 unspecified atom stereocenters. The van der Waals surface area contributed by atoms with Crippen LogP contribution in [-0.2, 0) is 6.18 Å². The summed E-state index contributed by atoms with van der Waals surface area (Å²) < 4.78 is 49.8. The Labute approximate surface area is 187 Å². The number of para-hydroxylation sites is 1. The average molecular weight is 445 g/mol. The lowest BCUT2D eigenvalue weighted by Gasteiger charge is -2.12. The molecule has 0 spiro atoms. The summed E-state index contributed by atoms with van der Waals surface area (Å²) in [7, 11) is 1.51. The molecule has 0 fully saturated rings. The zero-order valence-corrected chi connectivity index (χ0v) is 17.5. The van der Waals surface area contributed by atoms with Gasteiger partial charge in [-0.25, -0.2) is 9.67 Å². The maximum Gasteiger partial charge on any atom is 0.417 e. The van der Waals surface area contributed by atoms with Crippen LogP contribution in [-0.4, -0.2) is 21.9 Å². The number of ether oxygens (including phenoxy) is 1. The fraction of sp³-hybridized carbons (Fsp3) is 0.0769. The topological polar surface area (TPSA) is 39.9 Å². The highest BCUT2D eigenvalue weighted by Crippen LogP contribution is 2.41. The van der Waals surface area contributed by atoms with Gasteiger partial charge in [0.05, 0.1) is 29.4 Å². The predicted octanol–water partition coefficient (Wildman–Crippen LogP) is 6.78. The van der Waals surface area contributed by atoms with Crippen molar-refractivity contribution >= 4 is 11.0 Å². The van der Waals surface area contributed by atoms with Crippen LogP contribution in [0.2, 0.25) is 0 Å². The van der Waals surface area contributed by atoms with E-state index in [1.54, 1.807) is 60.7 Å². The number of benzene rings is 3. The van der Waals surface area contributed by atoms with Gasteiger partial charge in [0.2, 0.25) is 0 Å². The highest BCUT2D eigenvalue weighted by atomic mass is 19.4. The Kier molecular flexibility index (Phi) is 5.09. The summed E-state index contributed by atoms with van der Waals surface area (Å²) in [4.78, 5) is 4.66. The second-order valence-electron chi connectivity index (χ2n) is 7.45. The van der Waals surface area contributed by atoms with E-state index in [2.05, 4.69) is 10.1 Å². The summed E-state index contributed by atoms with van der Waals surface area (Å²) in [6.45, 7) is 0. The van der Waals surface area contributed by atoms with Crippen LogP contribution in [0.4, 0.5) is 13.2 Å². The predicted molar refractivity (Wildman–Crippen MR) is 121 cm³/mol. The largest absolute Gasteiger partial charge is 0.497 e. The van der Waals surface area contributed by atoms with Crippen LogP contribution in [0, 0.1) is 0 Å². The molecular formula is C26H18F3N3O. The van der Waals surface area contributed by atoms with Crippen molar-refractivity contribution in [1.29, 1.82) is 0 Å². The van der Waals surface area contributed by atoms with Gasteiger partial charge in [0, 0.05) is 11.1 Å². The first-order valence-electron chi connectivity index (χ1n) is 10.2. The maximum absolute atomic E-state index is 14.4. The van der Waals surface area contributed by atoms with Crippen molar-refractivity contribution in [2.45, 2.75) is 6.18 Å². The van der Waals surface area contributed by atoms with E-state index in [1.165, 1.54) is 11.8 Å². The van der Waals surface area contributed by atoms with Gasteiger partial charge in [-0.2, -0.15) is 18.3 Å². The van der Waals surface area contributed by atoms with Crippen molar-refractivity contribution in [1.82, 2.24) is 14.8 Å². The summed E-state index contributed by atoms with van der Waals surface area (Å²) in [5.41, 5.74) is 1.48. The summed E-state index contributed by atoms with van der Waals surface area (Å²) in [5, 5.41) is 4.56. The van der Waals surface area contributed by atoms with Crippen molar-refractivity contribution in [2.24, 2.45) is 0 Å². The van der Waals surface area contributed by atoms with E-state index in [9.17, 15) is 13.2 Å². The van der Waals surface area contributed by atoms with Gasteiger partial charge in [0.1, 0.15) is 11.4 Å². The molecule has 4 nitrogen and oxygen atoms in total. The fourth-order valence-electron chi connectivity index (χ4n) is 3.82. The van der Waals surface area contributed by atoms with E-state index >= 15 is 0 Å². The number of halogens is 3. The van der Waals surface area contributed by atoms with Crippen molar-refractivity contribution in [3.8, 4) is 34.0 Å². The van der Waals surface area contributed by atoms with Crippen molar-refractivity contribution in [3.05, 3.63) is 96.6 Å². The summed E-state index contributed by atoms with van der Waals surface area (Å²) in [5.74, 6) is 0.532. The smallest absolute Gasteiger partial charge is 0.417 e. The molecule has 0 aliphatic rings. The van der Waals surface area contributed by atoms with Gasteiger partial charge in [0.25, 0.3) is 0 Å². The second kappa shape index (κ2) is 8.09. The molecule has 164 valence electrons. The molecule has 0 radical (unpaired) electrons. The molecule has 0 saturated heterocycles. The van der Waals surface area contributed by atoms with Crippen LogP contribution < -0.4 is 4.74 Å². The first kappa shape index (κ1) is 20.8. The highest BCUT2D eigenvalue weighted by Gasteiger charge is 2.36. The van der Waals surface area contributed by atoms with Crippen molar-refractivity contribution in [3.63, 3.8) is 0 Å². The number of hydrogen-bond acceptors (Lipinski definition) is 3. The van der Waals surface area contributed by atoms with Gasteiger partial charge >= 0.3 is 6.18 Å². The highest BCUT2D eigenvalue weighted by molar-refractivity contribution is 5.96. The number of nitrogens with zero attached hydrogens (tertiary/aromatic N) is 3. The molecule has 0 N–H and O–H groups in total. The van der Waals surface area contributed by atoms with E-state index in [0.717, 1.165) is 6.07 Å². The monoisotopic (exact) mass is 445 g/mol. The number of rotatable bonds is 4. The Morgan fingerprint density at radius 3 is 2.12 bits per heavy atom. The standard InChI is InChI=1S/C26H18F3N3O/c1-33-20-14-8-11-18(15-20)22-16-21(26(27,28)29)23-24(17-9-4-2-5-10-17)31-32(25(23)30-22)19-12-6-3-7-13-19/h2-16H,1H3. The van der Waals surface area contributed by atoms with Gasteiger partial charge in [-0.3, -0.25) is 0 Å². The SMILES string of the molecule is COc1cccc(-c2cc(C(F)(F)F)c3c(-c4ccccc4)nn(-c4ccccc4)c3n2)c1. The second-order valence-corrected chi connectivity index (χ2v) is 7.45. The minimum absolute atomic E-state index is 0.0378. The number of alkyl halides is 3. The van der Waals surface area contributed by atoms with E-state index in [-0.39, 0.29) is 22.4 Å². The molecular weight excluding hydrogens is 427 g/mol. The maximum atomic E-state index is 14.4. The minimum Gasteiger partial charge on any atom is -0.497 e. The van der Waals surface area contributed by atoms with Crippen LogP contribution in [0.3, 0.4) is 0 Å². The Balaban J connectivity index is 1.89.